The number of hydrogen-bond donors (Lipinski definition) is 1. The molecule has 0 aliphatic rings. The van der Waals surface area contributed by atoms with E-state index in [0.717, 1.165) is 22.7 Å². The molecule has 0 amide bonds. The summed E-state index contributed by atoms with van der Waals surface area (Å²) in [7, 11) is 1.50. The van der Waals surface area contributed by atoms with Gasteiger partial charge in [0.15, 0.2) is 11.6 Å². The van der Waals surface area contributed by atoms with Crippen LogP contribution in [0.15, 0.2) is 73.2 Å². The minimum Gasteiger partial charge on any atom is -0.494 e. The molecule has 154 valence electrons. The van der Waals surface area contributed by atoms with Crippen molar-refractivity contribution in [3.8, 4) is 33.8 Å². The summed E-state index contributed by atoms with van der Waals surface area (Å²) in [6, 6.07) is 16.1. The monoisotopic (exact) mass is 419 g/mol. The van der Waals surface area contributed by atoms with Crippen LogP contribution in [0.4, 0.5) is 13.2 Å². The van der Waals surface area contributed by atoms with Gasteiger partial charge in [-0.25, -0.2) is 18.2 Å². The lowest BCUT2D eigenvalue weighted by atomic mass is 10.00. The van der Waals surface area contributed by atoms with Gasteiger partial charge in [0, 0.05) is 17.3 Å². The van der Waals surface area contributed by atoms with E-state index in [0.29, 0.717) is 23.1 Å². The van der Waals surface area contributed by atoms with Gasteiger partial charge in [0.1, 0.15) is 11.6 Å². The van der Waals surface area contributed by atoms with Crippen molar-refractivity contribution < 1.29 is 17.9 Å². The summed E-state index contributed by atoms with van der Waals surface area (Å²) in [5.74, 6) is -2.83. The Morgan fingerprint density at radius 2 is 1.77 bits per heavy atom. The van der Waals surface area contributed by atoms with Crippen LogP contribution in [0.1, 0.15) is 0 Å². The van der Waals surface area contributed by atoms with E-state index in [4.69, 9.17) is 4.74 Å². The van der Waals surface area contributed by atoms with Crippen molar-refractivity contribution in [3.05, 3.63) is 90.6 Å². The summed E-state index contributed by atoms with van der Waals surface area (Å²) in [5.41, 5.74) is 3.49. The molecule has 31 heavy (non-hydrogen) atoms. The number of nitrogens with one attached hydrogen (secondary N) is 1. The van der Waals surface area contributed by atoms with Gasteiger partial charge in [-0.2, -0.15) is 0 Å². The van der Waals surface area contributed by atoms with Crippen molar-refractivity contribution >= 4 is 11.0 Å². The number of halogens is 3. The molecule has 4 nitrogen and oxygen atoms in total. The van der Waals surface area contributed by atoms with E-state index in [1.54, 1.807) is 23.2 Å². The highest BCUT2D eigenvalue weighted by Gasteiger charge is 2.25. The van der Waals surface area contributed by atoms with Gasteiger partial charge in [0.25, 0.3) is 0 Å². The molecule has 5 aromatic rings. The Hall–Kier alpha value is -4.00. The number of rotatable bonds is 4. The smallest absolute Gasteiger partial charge is 0.168 e. The molecule has 0 fully saturated rings. The van der Waals surface area contributed by atoms with Crippen molar-refractivity contribution in [1.29, 1.82) is 0 Å². The number of H-pyrrole nitrogens is 1. The molecule has 0 spiro atoms. The molecule has 7 heteroatoms. The summed E-state index contributed by atoms with van der Waals surface area (Å²) in [4.78, 5) is 7.25. The quantitative estimate of drug-likeness (QED) is 0.357. The standard InChI is InChI=1S/C24H16F3N3O/c1-31-21-12-30(16-7-8-19-20(11-16)29-13-28-19)24(22(21)14-5-3-2-4-6-14)17-9-15(25)10-18(26)23(17)27/h2-13H,1H3,(H,28,29). The third kappa shape index (κ3) is 3.15. The molecule has 5 rings (SSSR count). The lowest BCUT2D eigenvalue weighted by molar-refractivity contribution is 0.416. The minimum atomic E-state index is -1.26. The average Bonchev–Trinajstić information content (AvgIpc) is 3.40. The lowest BCUT2D eigenvalue weighted by Gasteiger charge is -2.14. The third-order valence-corrected chi connectivity index (χ3v) is 5.18. The van der Waals surface area contributed by atoms with Crippen LogP contribution in [-0.4, -0.2) is 21.6 Å². The number of nitrogens with zero attached hydrogens (tertiary/aromatic N) is 2. The van der Waals surface area contributed by atoms with Gasteiger partial charge in [0.2, 0.25) is 0 Å². The van der Waals surface area contributed by atoms with Crippen LogP contribution in [0.2, 0.25) is 0 Å². The predicted molar refractivity (Wildman–Crippen MR) is 113 cm³/mol. The van der Waals surface area contributed by atoms with Crippen molar-refractivity contribution in [3.63, 3.8) is 0 Å². The molecule has 0 saturated heterocycles. The molecule has 0 unspecified atom stereocenters. The van der Waals surface area contributed by atoms with E-state index in [9.17, 15) is 13.2 Å². The van der Waals surface area contributed by atoms with Crippen LogP contribution in [-0.2, 0) is 0 Å². The normalized spacial score (nSPS) is 11.2. The third-order valence-electron chi connectivity index (χ3n) is 5.18. The number of methoxy groups -OCH3 is 1. The fraction of sp³-hybridized carbons (Fsp3) is 0.0417. The van der Waals surface area contributed by atoms with Gasteiger partial charge < -0.3 is 14.3 Å². The Morgan fingerprint density at radius 3 is 2.55 bits per heavy atom. The van der Waals surface area contributed by atoms with Crippen LogP contribution in [0.3, 0.4) is 0 Å². The summed E-state index contributed by atoms with van der Waals surface area (Å²) in [5, 5.41) is 0. The van der Waals surface area contributed by atoms with E-state index >= 15 is 0 Å². The van der Waals surface area contributed by atoms with Crippen LogP contribution >= 0.6 is 0 Å². The number of imidazole rings is 1. The second-order valence-electron chi connectivity index (χ2n) is 7.01. The highest BCUT2D eigenvalue weighted by Crippen LogP contribution is 2.44. The van der Waals surface area contributed by atoms with Crippen LogP contribution in [0.5, 0.6) is 5.75 Å². The van der Waals surface area contributed by atoms with E-state index in [2.05, 4.69) is 9.97 Å². The summed E-state index contributed by atoms with van der Waals surface area (Å²) in [6.45, 7) is 0. The fourth-order valence-electron chi connectivity index (χ4n) is 3.79. The molecular weight excluding hydrogens is 403 g/mol. The topological polar surface area (TPSA) is 42.8 Å². The molecule has 0 saturated carbocycles. The van der Waals surface area contributed by atoms with Crippen LogP contribution < -0.4 is 4.74 Å². The zero-order valence-corrected chi connectivity index (χ0v) is 16.4. The molecule has 3 aromatic carbocycles. The maximum atomic E-state index is 15.0. The first-order chi connectivity index (χ1) is 15.1. The van der Waals surface area contributed by atoms with Gasteiger partial charge in [-0.05, 0) is 29.8 Å². The molecule has 0 atom stereocenters. The Bertz CT molecular complexity index is 1410. The Balaban J connectivity index is 1.88. The highest BCUT2D eigenvalue weighted by atomic mass is 19.2. The van der Waals surface area contributed by atoms with E-state index < -0.39 is 17.5 Å². The van der Waals surface area contributed by atoms with Gasteiger partial charge >= 0.3 is 0 Å². The molecule has 0 aliphatic heterocycles. The Morgan fingerprint density at radius 1 is 0.968 bits per heavy atom. The zero-order valence-electron chi connectivity index (χ0n) is 16.4. The zero-order chi connectivity index (χ0) is 21.5. The average molecular weight is 419 g/mol. The van der Waals surface area contributed by atoms with Crippen molar-refractivity contribution in [2.75, 3.05) is 7.11 Å². The first-order valence-corrected chi connectivity index (χ1v) is 9.50. The van der Waals surface area contributed by atoms with Gasteiger partial charge in [0.05, 0.1) is 41.9 Å². The molecule has 0 aliphatic carbocycles. The second-order valence-corrected chi connectivity index (χ2v) is 7.01. The summed E-state index contributed by atoms with van der Waals surface area (Å²) < 4.78 is 50.6. The predicted octanol–water partition coefficient (Wildman–Crippen LogP) is 6.11. The number of aromatic amines is 1. The highest BCUT2D eigenvalue weighted by molar-refractivity contribution is 5.88. The Kier molecular flexibility index (Phi) is 4.51. The molecule has 1 N–H and O–H groups in total. The maximum Gasteiger partial charge on any atom is 0.168 e. The van der Waals surface area contributed by atoms with Crippen molar-refractivity contribution in [2.24, 2.45) is 0 Å². The Labute approximate surface area is 175 Å². The van der Waals surface area contributed by atoms with Crippen LogP contribution in [0.25, 0.3) is 39.1 Å². The van der Waals surface area contributed by atoms with Crippen molar-refractivity contribution in [1.82, 2.24) is 14.5 Å². The lowest BCUT2D eigenvalue weighted by Crippen LogP contribution is -2.00. The van der Waals surface area contributed by atoms with Gasteiger partial charge in [-0.1, -0.05) is 30.3 Å². The van der Waals surface area contributed by atoms with Crippen LogP contribution in [0, 0.1) is 17.5 Å². The molecule has 2 aromatic heterocycles. The number of ether oxygens (including phenoxy) is 1. The molecule has 0 bridgehead atoms. The summed E-state index contributed by atoms with van der Waals surface area (Å²) in [6.07, 6.45) is 3.25. The first-order valence-electron chi connectivity index (χ1n) is 9.50. The molecule has 0 radical (unpaired) electrons. The van der Waals surface area contributed by atoms with E-state index in [1.807, 2.05) is 42.5 Å². The van der Waals surface area contributed by atoms with Gasteiger partial charge in [-0.15, -0.1) is 0 Å². The number of benzene rings is 3. The summed E-state index contributed by atoms with van der Waals surface area (Å²) >= 11 is 0. The minimum absolute atomic E-state index is 0.204. The van der Waals surface area contributed by atoms with Gasteiger partial charge in [-0.3, -0.25) is 0 Å². The number of fused-ring (bicyclic) bond motifs is 1. The van der Waals surface area contributed by atoms with E-state index in [1.165, 1.54) is 7.11 Å². The maximum absolute atomic E-state index is 15.0. The van der Waals surface area contributed by atoms with Crippen molar-refractivity contribution in [2.45, 2.75) is 0 Å². The second kappa shape index (κ2) is 7.36. The SMILES string of the molecule is COc1cn(-c2ccc3nc[nH]c3c2)c(-c2cc(F)cc(F)c2F)c1-c1ccccc1. The number of aromatic nitrogens is 3. The largest absolute Gasteiger partial charge is 0.494 e. The van der Waals surface area contributed by atoms with E-state index in [-0.39, 0.29) is 11.3 Å². The molecule has 2 heterocycles. The molecular formula is C24H16F3N3O. The fourth-order valence-corrected chi connectivity index (χ4v) is 3.79. The number of hydrogen-bond acceptors (Lipinski definition) is 2. The first kappa shape index (κ1) is 19.0.